The van der Waals surface area contributed by atoms with Crippen molar-refractivity contribution in [2.24, 2.45) is 0 Å². The average molecular weight is 369 g/mol. The van der Waals surface area contributed by atoms with Gasteiger partial charge in [-0.05, 0) is 43.2 Å². The second-order valence-electron chi connectivity index (χ2n) is 6.01. The maximum atomic E-state index is 12.9. The van der Waals surface area contributed by atoms with Gasteiger partial charge >= 0.3 is 0 Å². The molecule has 0 fully saturated rings. The molecule has 0 aliphatic heterocycles. The summed E-state index contributed by atoms with van der Waals surface area (Å²) in [6.45, 7) is 3.95. The van der Waals surface area contributed by atoms with E-state index in [2.05, 4.69) is 5.32 Å². The first kappa shape index (κ1) is 20.4. The Kier molecular flexibility index (Phi) is 7.29. The van der Waals surface area contributed by atoms with Gasteiger partial charge in [0.25, 0.3) is 5.91 Å². The van der Waals surface area contributed by atoms with Crippen molar-refractivity contribution in [3.8, 4) is 17.2 Å². The van der Waals surface area contributed by atoms with E-state index in [1.807, 2.05) is 50.3 Å². The molecule has 1 N–H and O–H groups in total. The average Bonchev–Trinajstić information content (AvgIpc) is 2.71. The zero-order valence-corrected chi connectivity index (χ0v) is 16.5. The monoisotopic (exact) mass is 369 g/mol. The zero-order chi connectivity index (χ0) is 19.8. The van der Waals surface area contributed by atoms with Gasteiger partial charge in [-0.25, -0.2) is 0 Å². The fourth-order valence-corrected chi connectivity index (χ4v) is 2.93. The summed E-state index contributed by atoms with van der Waals surface area (Å²) in [5.41, 5.74) is 2.34. The van der Waals surface area contributed by atoms with Crippen LogP contribution in [0, 0.1) is 0 Å². The minimum atomic E-state index is -0.163. The highest BCUT2D eigenvalue weighted by Gasteiger charge is 2.18. The number of amides is 1. The van der Waals surface area contributed by atoms with Crippen LogP contribution in [-0.2, 0) is 0 Å². The summed E-state index contributed by atoms with van der Waals surface area (Å²) in [7, 11) is 4.78. The van der Waals surface area contributed by atoms with Crippen LogP contribution in [0.3, 0.4) is 0 Å². The Bertz CT molecular complexity index is 797. The number of hydrogen-bond acceptors (Lipinski definition) is 4. The van der Waals surface area contributed by atoms with Gasteiger partial charge in [-0.3, -0.25) is 4.79 Å². The molecule has 27 heavy (non-hydrogen) atoms. The van der Waals surface area contributed by atoms with Gasteiger partial charge in [-0.1, -0.05) is 31.2 Å². The van der Waals surface area contributed by atoms with Gasteiger partial charge in [0.1, 0.15) is 5.75 Å². The lowest BCUT2D eigenvalue weighted by molar-refractivity contribution is 0.0935. The molecule has 0 spiro atoms. The van der Waals surface area contributed by atoms with Crippen LogP contribution in [0.4, 0.5) is 0 Å². The third-order valence-corrected chi connectivity index (χ3v) is 4.35. The molecular weight excluding hydrogens is 342 g/mol. The Balaban J connectivity index is 2.30. The summed E-state index contributed by atoms with van der Waals surface area (Å²) >= 11 is 0. The van der Waals surface area contributed by atoms with Crippen LogP contribution in [0.5, 0.6) is 17.2 Å². The molecule has 5 heteroatoms. The van der Waals surface area contributed by atoms with E-state index in [9.17, 15) is 4.79 Å². The summed E-state index contributed by atoms with van der Waals surface area (Å²) in [4.78, 5) is 12.9. The first-order valence-electron chi connectivity index (χ1n) is 8.91. The van der Waals surface area contributed by atoms with E-state index in [0.29, 0.717) is 17.1 Å². The number of carbonyl (C=O) groups excluding carboxylic acids is 1. The first-order chi connectivity index (χ1) is 13.1. The molecule has 2 rings (SSSR count). The number of nitrogens with one attached hydrogen (secondary N) is 1. The summed E-state index contributed by atoms with van der Waals surface area (Å²) < 4.78 is 16.0. The SMILES string of the molecule is CC=Cc1cc(C(=O)NC(CC)c2ccc(OC)cc2)cc(OC)c1OC. The van der Waals surface area contributed by atoms with Crippen LogP contribution in [0.25, 0.3) is 6.08 Å². The molecule has 2 aromatic rings. The molecule has 1 atom stereocenters. The second-order valence-corrected chi connectivity index (χ2v) is 6.01. The maximum Gasteiger partial charge on any atom is 0.251 e. The Labute approximate surface area is 161 Å². The van der Waals surface area contributed by atoms with Crippen molar-refractivity contribution in [1.29, 1.82) is 0 Å². The standard InChI is InChI=1S/C22H27NO4/c1-6-8-16-13-17(14-20(26-4)21(16)27-5)22(24)23-19(7-2)15-9-11-18(25-3)12-10-15/h6,8-14,19H,7H2,1-5H3,(H,23,24). The molecule has 0 bridgehead atoms. The third-order valence-electron chi connectivity index (χ3n) is 4.35. The van der Waals surface area contributed by atoms with Gasteiger partial charge in [0.05, 0.1) is 27.4 Å². The van der Waals surface area contributed by atoms with E-state index in [-0.39, 0.29) is 11.9 Å². The van der Waals surface area contributed by atoms with Gasteiger partial charge in [-0.2, -0.15) is 0 Å². The molecule has 0 aliphatic carbocycles. The predicted molar refractivity (Wildman–Crippen MR) is 108 cm³/mol. The van der Waals surface area contributed by atoms with E-state index in [1.165, 1.54) is 0 Å². The molecule has 0 heterocycles. The van der Waals surface area contributed by atoms with Crippen molar-refractivity contribution in [3.05, 3.63) is 59.2 Å². The van der Waals surface area contributed by atoms with Gasteiger partial charge < -0.3 is 19.5 Å². The number of rotatable bonds is 8. The van der Waals surface area contributed by atoms with Gasteiger partial charge in [0.2, 0.25) is 0 Å². The van der Waals surface area contributed by atoms with E-state index < -0.39 is 0 Å². The van der Waals surface area contributed by atoms with Crippen LogP contribution in [0.15, 0.2) is 42.5 Å². The predicted octanol–water partition coefficient (Wildman–Crippen LogP) is 4.63. The van der Waals surface area contributed by atoms with Crippen LogP contribution >= 0.6 is 0 Å². The largest absolute Gasteiger partial charge is 0.497 e. The number of carbonyl (C=O) groups is 1. The van der Waals surface area contributed by atoms with E-state index in [0.717, 1.165) is 23.3 Å². The Morgan fingerprint density at radius 1 is 1.07 bits per heavy atom. The van der Waals surface area contributed by atoms with Crippen molar-refractivity contribution in [1.82, 2.24) is 5.32 Å². The molecule has 0 saturated heterocycles. The lowest BCUT2D eigenvalue weighted by Crippen LogP contribution is -2.28. The van der Waals surface area contributed by atoms with E-state index in [4.69, 9.17) is 14.2 Å². The Morgan fingerprint density at radius 2 is 1.78 bits per heavy atom. The fourth-order valence-electron chi connectivity index (χ4n) is 2.93. The van der Waals surface area contributed by atoms with Crippen LogP contribution in [0.2, 0.25) is 0 Å². The van der Waals surface area contributed by atoms with Crippen molar-refractivity contribution >= 4 is 12.0 Å². The molecule has 1 unspecified atom stereocenters. The highest BCUT2D eigenvalue weighted by molar-refractivity contribution is 5.96. The smallest absolute Gasteiger partial charge is 0.251 e. The molecule has 0 saturated carbocycles. The minimum Gasteiger partial charge on any atom is -0.497 e. The summed E-state index contributed by atoms with van der Waals surface area (Å²) in [6, 6.07) is 11.1. The highest BCUT2D eigenvalue weighted by Crippen LogP contribution is 2.34. The first-order valence-corrected chi connectivity index (χ1v) is 8.91. The number of hydrogen-bond donors (Lipinski definition) is 1. The molecule has 144 valence electrons. The summed E-state index contributed by atoms with van der Waals surface area (Å²) in [6.07, 6.45) is 4.55. The molecule has 0 radical (unpaired) electrons. The quantitative estimate of drug-likeness (QED) is 0.737. The van der Waals surface area contributed by atoms with Crippen LogP contribution in [0.1, 0.15) is 47.8 Å². The van der Waals surface area contributed by atoms with Crippen molar-refractivity contribution in [2.75, 3.05) is 21.3 Å². The summed E-state index contributed by atoms with van der Waals surface area (Å²) in [5, 5.41) is 3.09. The highest BCUT2D eigenvalue weighted by atomic mass is 16.5. The van der Waals surface area contributed by atoms with Gasteiger partial charge in [0.15, 0.2) is 11.5 Å². The number of allylic oxidation sites excluding steroid dienone is 1. The Hall–Kier alpha value is -2.95. The third kappa shape index (κ3) is 4.82. The molecule has 0 aromatic heterocycles. The van der Waals surface area contributed by atoms with Crippen molar-refractivity contribution in [3.63, 3.8) is 0 Å². The fraction of sp³-hybridized carbons (Fsp3) is 0.318. The van der Waals surface area contributed by atoms with E-state index in [1.54, 1.807) is 33.5 Å². The molecule has 0 aliphatic rings. The number of ether oxygens (including phenoxy) is 3. The van der Waals surface area contributed by atoms with Gasteiger partial charge in [0, 0.05) is 11.1 Å². The summed E-state index contributed by atoms with van der Waals surface area (Å²) in [5.74, 6) is 1.75. The Morgan fingerprint density at radius 3 is 2.30 bits per heavy atom. The van der Waals surface area contributed by atoms with Crippen molar-refractivity contribution < 1.29 is 19.0 Å². The minimum absolute atomic E-state index is 0.0957. The number of benzene rings is 2. The van der Waals surface area contributed by atoms with Crippen molar-refractivity contribution in [2.45, 2.75) is 26.3 Å². The maximum absolute atomic E-state index is 12.9. The molecule has 5 nitrogen and oxygen atoms in total. The molecule has 2 aromatic carbocycles. The lowest BCUT2D eigenvalue weighted by atomic mass is 10.0. The molecule has 1 amide bonds. The van der Waals surface area contributed by atoms with Gasteiger partial charge in [-0.15, -0.1) is 0 Å². The van der Waals surface area contributed by atoms with Crippen LogP contribution < -0.4 is 19.5 Å². The zero-order valence-electron chi connectivity index (χ0n) is 16.5. The number of methoxy groups -OCH3 is 3. The topological polar surface area (TPSA) is 56.8 Å². The van der Waals surface area contributed by atoms with Crippen LogP contribution in [-0.4, -0.2) is 27.2 Å². The lowest BCUT2D eigenvalue weighted by Gasteiger charge is -2.19. The van der Waals surface area contributed by atoms with E-state index >= 15 is 0 Å². The molecular formula is C22H27NO4. The second kappa shape index (κ2) is 9.67. The normalized spacial score (nSPS) is 11.9.